The molecule has 0 spiro atoms. The topological polar surface area (TPSA) is 123 Å². The van der Waals surface area contributed by atoms with Crippen LogP contribution in [0.1, 0.15) is 18.5 Å². The number of aromatic hydroxyl groups is 1. The molecule has 0 amide bonds. The van der Waals surface area contributed by atoms with Crippen molar-refractivity contribution >= 4 is 34.8 Å². The predicted octanol–water partition coefficient (Wildman–Crippen LogP) is 1.71. The highest BCUT2D eigenvalue weighted by Crippen LogP contribution is 2.28. The number of rotatable bonds is 5. The minimum Gasteiger partial charge on any atom is -0.493 e. The Morgan fingerprint density at radius 2 is 2.20 bits per heavy atom. The Bertz CT molecular complexity index is 1420. The van der Waals surface area contributed by atoms with Gasteiger partial charge in [-0.1, -0.05) is 17.7 Å². The molecule has 0 bridgehead atoms. The molecule has 1 aliphatic carbocycles. The zero-order valence-corrected chi connectivity index (χ0v) is 16.5. The molecule has 0 saturated heterocycles. The van der Waals surface area contributed by atoms with E-state index in [-0.39, 0.29) is 11.6 Å². The molecule has 4 N–H and O–H groups in total. The molecule has 5 rings (SSSR count). The summed E-state index contributed by atoms with van der Waals surface area (Å²) in [6.45, 7) is 0.737. The van der Waals surface area contributed by atoms with Crippen LogP contribution < -0.4 is 21.7 Å². The Kier molecular flexibility index (Phi) is 4.51. The van der Waals surface area contributed by atoms with E-state index in [0.717, 1.165) is 12.2 Å². The van der Waals surface area contributed by atoms with Crippen molar-refractivity contribution in [1.82, 2.24) is 24.6 Å². The van der Waals surface area contributed by atoms with Crippen molar-refractivity contribution in [2.45, 2.75) is 12.8 Å². The molecule has 4 aromatic rings. The Labute approximate surface area is 174 Å². The summed E-state index contributed by atoms with van der Waals surface area (Å²) in [6.07, 6.45) is 5.62. The molecule has 1 saturated carbocycles. The number of nitrogens with zero attached hydrogens (tertiary/aromatic N) is 4. The molecule has 30 heavy (non-hydrogen) atoms. The molecule has 0 aliphatic heterocycles. The maximum atomic E-state index is 11.4. The predicted molar refractivity (Wildman–Crippen MR) is 113 cm³/mol. The number of fused-ring (bicyclic) bond motifs is 1. The number of hydrogen-bond acceptors (Lipinski definition) is 6. The van der Waals surface area contributed by atoms with Crippen molar-refractivity contribution in [3.8, 4) is 5.88 Å². The van der Waals surface area contributed by atoms with Crippen molar-refractivity contribution in [3.63, 3.8) is 0 Å². The monoisotopic (exact) mass is 423 g/mol. The van der Waals surface area contributed by atoms with Crippen molar-refractivity contribution in [2.75, 3.05) is 11.9 Å². The van der Waals surface area contributed by atoms with Crippen LogP contribution in [0.4, 0.5) is 11.5 Å². The van der Waals surface area contributed by atoms with Crippen LogP contribution >= 0.6 is 11.6 Å². The summed E-state index contributed by atoms with van der Waals surface area (Å²) in [6, 6.07) is 9.19. The summed E-state index contributed by atoms with van der Waals surface area (Å²) in [5.74, 6) is 0.966. The molecule has 1 aliphatic rings. The third-order valence-corrected chi connectivity index (χ3v) is 5.06. The van der Waals surface area contributed by atoms with Gasteiger partial charge in [-0.2, -0.15) is 9.61 Å². The van der Waals surface area contributed by atoms with Gasteiger partial charge in [0.1, 0.15) is 11.5 Å². The third-order valence-electron chi connectivity index (χ3n) is 4.82. The summed E-state index contributed by atoms with van der Waals surface area (Å²) in [5, 5.41) is 18.8. The Morgan fingerprint density at radius 1 is 1.33 bits per heavy atom. The summed E-state index contributed by atoms with van der Waals surface area (Å²) in [4.78, 5) is 25.7. The molecule has 0 radical (unpaired) electrons. The van der Waals surface area contributed by atoms with Crippen molar-refractivity contribution in [3.05, 3.63) is 68.4 Å². The van der Waals surface area contributed by atoms with E-state index in [2.05, 4.69) is 25.4 Å². The molecule has 1 fully saturated rings. The molecule has 10 heteroatoms. The second-order valence-corrected chi connectivity index (χ2v) is 7.68. The Hall–Kier alpha value is -3.59. The SMILES string of the molecule is O=c1[nH]c(O)c(C=c2cnn3c(=NCC4CC4)cc(Nc4cccc(Cl)c4)nc23)[nH]1. The number of H-pyrrole nitrogens is 2. The first kappa shape index (κ1) is 18.4. The van der Waals surface area contributed by atoms with Gasteiger partial charge >= 0.3 is 5.69 Å². The van der Waals surface area contributed by atoms with Gasteiger partial charge < -0.3 is 15.4 Å². The van der Waals surface area contributed by atoms with E-state index in [1.165, 1.54) is 12.8 Å². The normalized spacial score (nSPS) is 15.2. The first-order valence-corrected chi connectivity index (χ1v) is 9.88. The van der Waals surface area contributed by atoms with E-state index >= 15 is 0 Å². The van der Waals surface area contributed by atoms with Gasteiger partial charge in [-0.15, -0.1) is 0 Å². The second-order valence-electron chi connectivity index (χ2n) is 7.24. The molecule has 3 heterocycles. The minimum atomic E-state index is -0.494. The zero-order chi connectivity index (χ0) is 20.7. The van der Waals surface area contributed by atoms with Crippen LogP contribution in [0.2, 0.25) is 5.02 Å². The van der Waals surface area contributed by atoms with E-state index in [1.54, 1.807) is 28.9 Å². The quantitative estimate of drug-likeness (QED) is 0.389. The van der Waals surface area contributed by atoms with E-state index in [4.69, 9.17) is 16.6 Å². The van der Waals surface area contributed by atoms with Crippen molar-refractivity contribution < 1.29 is 5.11 Å². The highest BCUT2D eigenvalue weighted by Gasteiger charge is 2.20. The van der Waals surface area contributed by atoms with Gasteiger partial charge in [0.15, 0.2) is 11.1 Å². The van der Waals surface area contributed by atoms with Gasteiger partial charge in [0, 0.05) is 28.5 Å². The number of halogens is 1. The number of aromatic nitrogens is 5. The molecule has 3 aromatic heterocycles. The highest BCUT2D eigenvalue weighted by atomic mass is 35.5. The lowest BCUT2D eigenvalue weighted by Gasteiger charge is -2.07. The summed E-state index contributed by atoms with van der Waals surface area (Å²) >= 11 is 6.09. The van der Waals surface area contributed by atoms with E-state index in [9.17, 15) is 9.90 Å². The fraction of sp³-hybridized carbons (Fsp3) is 0.200. The number of nitrogens with one attached hydrogen (secondary N) is 3. The van der Waals surface area contributed by atoms with E-state index in [1.807, 2.05) is 18.2 Å². The van der Waals surface area contributed by atoms with Gasteiger partial charge in [-0.25, -0.2) is 9.78 Å². The lowest BCUT2D eigenvalue weighted by atomic mass is 10.3. The van der Waals surface area contributed by atoms with Gasteiger partial charge in [0.25, 0.3) is 0 Å². The number of hydrogen-bond donors (Lipinski definition) is 4. The molecule has 0 unspecified atom stereocenters. The van der Waals surface area contributed by atoms with E-state index in [0.29, 0.717) is 33.1 Å². The zero-order valence-electron chi connectivity index (χ0n) is 15.8. The van der Waals surface area contributed by atoms with Gasteiger partial charge in [0.2, 0.25) is 5.88 Å². The lowest BCUT2D eigenvalue weighted by Crippen LogP contribution is -2.20. The average molecular weight is 424 g/mol. The van der Waals surface area contributed by atoms with Crippen LogP contribution in [0.3, 0.4) is 0 Å². The first-order chi connectivity index (χ1) is 14.5. The molecular weight excluding hydrogens is 406 g/mol. The van der Waals surface area contributed by atoms with Crippen LogP contribution in [0, 0.1) is 5.92 Å². The molecule has 9 nitrogen and oxygen atoms in total. The Morgan fingerprint density at radius 3 is 2.93 bits per heavy atom. The van der Waals surface area contributed by atoms with Gasteiger partial charge in [0.05, 0.1) is 6.20 Å². The lowest BCUT2D eigenvalue weighted by molar-refractivity contribution is 0.454. The van der Waals surface area contributed by atoms with Crippen molar-refractivity contribution in [1.29, 1.82) is 0 Å². The van der Waals surface area contributed by atoms with Crippen LogP contribution in [-0.4, -0.2) is 36.2 Å². The first-order valence-electron chi connectivity index (χ1n) is 9.50. The number of imidazole rings is 1. The van der Waals surface area contributed by atoms with Gasteiger partial charge in [-0.05, 0) is 43.0 Å². The minimum absolute atomic E-state index is 0.244. The molecular formula is C20H18ClN7O2. The summed E-state index contributed by atoms with van der Waals surface area (Å²) in [7, 11) is 0. The third kappa shape index (κ3) is 3.79. The smallest absolute Gasteiger partial charge is 0.326 e. The molecule has 152 valence electrons. The molecule has 0 atom stereocenters. The van der Waals surface area contributed by atoms with Crippen LogP contribution in [0.25, 0.3) is 11.7 Å². The van der Waals surface area contributed by atoms with Crippen LogP contribution in [-0.2, 0) is 0 Å². The van der Waals surface area contributed by atoms with E-state index < -0.39 is 5.69 Å². The number of anilines is 2. The van der Waals surface area contributed by atoms with Gasteiger partial charge in [-0.3, -0.25) is 9.98 Å². The second kappa shape index (κ2) is 7.34. The number of aromatic amines is 2. The highest BCUT2D eigenvalue weighted by molar-refractivity contribution is 6.30. The molecule has 1 aromatic carbocycles. The maximum Gasteiger partial charge on any atom is 0.326 e. The van der Waals surface area contributed by atoms with Crippen LogP contribution in [0.15, 0.2) is 46.3 Å². The summed E-state index contributed by atoms with van der Waals surface area (Å²) in [5.41, 5.74) is 1.76. The average Bonchev–Trinajstić information content (AvgIpc) is 3.37. The fourth-order valence-corrected chi connectivity index (χ4v) is 3.32. The maximum absolute atomic E-state index is 11.4. The van der Waals surface area contributed by atoms with Crippen LogP contribution in [0.5, 0.6) is 5.88 Å². The standard InChI is InChI=1S/C20H18ClN7O2/c21-13-2-1-3-14(7-13)24-16-8-17(22-9-11-4-5-11)28-18(26-16)12(10-23-28)6-15-19(29)27-20(30)25-15/h1-3,6-8,10-11,24,29H,4-5,9H2,(H2,25,27,30). The fourth-order valence-electron chi connectivity index (χ4n) is 3.13. The number of benzene rings is 1. The largest absolute Gasteiger partial charge is 0.493 e. The Balaban J connectivity index is 1.66. The summed E-state index contributed by atoms with van der Waals surface area (Å²) < 4.78 is 1.65. The van der Waals surface area contributed by atoms with Crippen molar-refractivity contribution in [2.24, 2.45) is 10.9 Å².